The molecule has 4 nitrogen and oxygen atoms in total. The van der Waals surface area contributed by atoms with Crippen LogP contribution in [0.5, 0.6) is 5.75 Å². The summed E-state index contributed by atoms with van der Waals surface area (Å²) in [6.07, 6.45) is 1.60. The summed E-state index contributed by atoms with van der Waals surface area (Å²) in [5.74, 6) is 0.921. The molecule has 0 fully saturated rings. The van der Waals surface area contributed by atoms with Crippen molar-refractivity contribution in [3.05, 3.63) is 35.1 Å². The van der Waals surface area contributed by atoms with Crippen molar-refractivity contribution in [1.29, 1.82) is 5.26 Å². The molecule has 0 aliphatic rings. The number of nitrogens with zero attached hydrogens (tertiary/aromatic N) is 2. The van der Waals surface area contributed by atoms with Gasteiger partial charge in [0.05, 0.1) is 18.8 Å². The molecule has 6 heteroatoms. The Balaban J connectivity index is 2.19. The van der Waals surface area contributed by atoms with E-state index in [2.05, 4.69) is 11.1 Å². The van der Waals surface area contributed by atoms with Crippen molar-refractivity contribution in [2.45, 2.75) is 0 Å². The molecule has 0 unspecified atom stereocenters. The molecule has 2 rings (SSSR count). The Bertz CT molecular complexity index is 641. The van der Waals surface area contributed by atoms with Crippen LogP contribution in [-0.2, 0) is 4.74 Å². The van der Waals surface area contributed by atoms with Crippen LogP contribution in [0, 0.1) is 11.3 Å². The molecule has 0 N–H and O–H groups in total. The molecule has 1 aromatic carbocycles. The van der Waals surface area contributed by atoms with Gasteiger partial charge in [0.2, 0.25) is 0 Å². The molecule has 104 valence electrons. The Hall–Kier alpha value is -1.54. The van der Waals surface area contributed by atoms with Crippen LogP contribution in [0.3, 0.4) is 0 Å². The number of pyridine rings is 1. The van der Waals surface area contributed by atoms with Gasteiger partial charge in [0.15, 0.2) is 0 Å². The van der Waals surface area contributed by atoms with Gasteiger partial charge in [-0.1, -0.05) is 11.6 Å². The van der Waals surface area contributed by atoms with Crippen LogP contribution in [0.2, 0.25) is 5.15 Å². The van der Waals surface area contributed by atoms with E-state index < -0.39 is 0 Å². The van der Waals surface area contributed by atoms with Crippen molar-refractivity contribution in [1.82, 2.24) is 4.98 Å². The second-order valence-corrected chi connectivity index (χ2v) is 4.67. The Morgan fingerprint density at radius 2 is 2.10 bits per heavy atom. The summed E-state index contributed by atoms with van der Waals surface area (Å²) in [6, 6.07) is 7.37. The maximum Gasteiger partial charge on any atom is 0.137 e. The monoisotopic (exact) mass is 310 g/mol. The van der Waals surface area contributed by atoms with Gasteiger partial charge in [-0.2, -0.15) is 5.26 Å². The van der Waals surface area contributed by atoms with E-state index in [0.29, 0.717) is 42.2 Å². The standard InChI is InChI=1S/C14H12Cl2N2O2/c15-2-4-19-5-6-20-13-8-12-10(7-11(13)9-17)1-3-18-14(12)16/h1,3,7-8H,2,4-6H2. The predicted octanol–water partition coefficient (Wildman–Crippen LogP) is 3.39. The Labute approximate surface area is 126 Å². The highest BCUT2D eigenvalue weighted by atomic mass is 35.5. The first kappa shape index (κ1) is 14.9. The maximum atomic E-state index is 9.16. The summed E-state index contributed by atoms with van der Waals surface area (Å²) in [6.45, 7) is 1.23. The number of nitriles is 1. The van der Waals surface area contributed by atoms with Crippen molar-refractivity contribution in [3.63, 3.8) is 0 Å². The van der Waals surface area contributed by atoms with Gasteiger partial charge in [-0.05, 0) is 23.6 Å². The molecule has 20 heavy (non-hydrogen) atoms. The van der Waals surface area contributed by atoms with Crippen molar-refractivity contribution in [2.75, 3.05) is 25.7 Å². The normalized spacial score (nSPS) is 10.4. The average molecular weight is 311 g/mol. The van der Waals surface area contributed by atoms with Crippen LogP contribution in [0.4, 0.5) is 0 Å². The van der Waals surface area contributed by atoms with Crippen LogP contribution < -0.4 is 4.74 Å². The number of halogens is 2. The highest BCUT2D eigenvalue weighted by molar-refractivity contribution is 6.34. The largest absolute Gasteiger partial charge is 0.490 e. The number of ether oxygens (including phenoxy) is 2. The summed E-state index contributed by atoms with van der Waals surface area (Å²) >= 11 is 11.5. The third-order valence-electron chi connectivity index (χ3n) is 2.64. The summed E-state index contributed by atoms with van der Waals surface area (Å²) in [7, 11) is 0. The minimum atomic E-state index is 0.342. The summed E-state index contributed by atoms with van der Waals surface area (Å²) in [5, 5.41) is 11.2. The number of rotatable bonds is 6. The third-order valence-corrected chi connectivity index (χ3v) is 3.10. The van der Waals surface area contributed by atoms with Gasteiger partial charge >= 0.3 is 0 Å². The predicted molar refractivity (Wildman–Crippen MR) is 78.5 cm³/mol. The molecule has 0 radical (unpaired) electrons. The number of fused-ring (bicyclic) bond motifs is 1. The fraction of sp³-hybridized carbons (Fsp3) is 0.286. The first-order valence-corrected chi connectivity index (χ1v) is 6.92. The van der Waals surface area contributed by atoms with Gasteiger partial charge in [-0.15, -0.1) is 11.6 Å². The zero-order valence-electron chi connectivity index (χ0n) is 10.6. The quantitative estimate of drug-likeness (QED) is 0.466. The lowest BCUT2D eigenvalue weighted by Gasteiger charge is -2.10. The second kappa shape index (κ2) is 7.30. The van der Waals surface area contributed by atoms with Crippen LogP contribution >= 0.6 is 23.2 Å². The smallest absolute Gasteiger partial charge is 0.137 e. The van der Waals surface area contributed by atoms with E-state index >= 15 is 0 Å². The molecule has 0 saturated carbocycles. The maximum absolute atomic E-state index is 9.16. The average Bonchev–Trinajstić information content (AvgIpc) is 2.47. The molecule has 0 atom stereocenters. The third kappa shape index (κ3) is 3.51. The first-order valence-electron chi connectivity index (χ1n) is 6.01. The van der Waals surface area contributed by atoms with Gasteiger partial charge in [-0.25, -0.2) is 4.98 Å². The van der Waals surface area contributed by atoms with E-state index in [1.54, 1.807) is 24.4 Å². The number of benzene rings is 1. The van der Waals surface area contributed by atoms with E-state index in [0.717, 1.165) is 10.8 Å². The Morgan fingerprint density at radius 3 is 2.85 bits per heavy atom. The van der Waals surface area contributed by atoms with Crippen molar-refractivity contribution in [2.24, 2.45) is 0 Å². The van der Waals surface area contributed by atoms with Crippen molar-refractivity contribution >= 4 is 34.0 Å². The van der Waals surface area contributed by atoms with Gasteiger partial charge in [-0.3, -0.25) is 0 Å². The summed E-state index contributed by atoms with van der Waals surface area (Å²) < 4.78 is 10.8. The van der Waals surface area contributed by atoms with E-state index in [4.69, 9.17) is 37.9 Å². The summed E-state index contributed by atoms with van der Waals surface area (Å²) in [4.78, 5) is 4.01. The lowest BCUT2D eigenvalue weighted by Crippen LogP contribution is -2.08. The van der Waals surface area contributed by atoms with Crippen LogP contribution in [-0.4, -0.2) is 30.7 Å². The molecular formula is C14H12Cl2N2O2. The molecule has 0 aliphatic carbocycles. The number of aromatic nitrogens is 1. The zero-order chi connectivity index (χ0) is 14.4. The zero-order valence-corrected chi connectivity index (χ0v) is 12.1. The number of hydrogen-bond acceptors (Lipinski definition) is 4. The summed E-state index contributed by atoms with van der Waals surface area (Å²) in [5.41, 5.74) is 0.456. The lowest BCUT2D eigenvalue weighted by atomic mass is 10.1. The minimum Gasteiger partial charge on any atom is -0.490 e. The fourth-order valence-electron chi connectivity index (χ4n) is 1.74. The van der Waals surface area contributed by atoms with Crippen LogP contribution in [0.1, 0.15) is 5.56 Å². The molecule has 1 heterocycles. The molecule has 0 saturated heterocycles. The SMILES string of the molecule is N#Cc1cc2ccnc(Cl)c2cc1OCCOCCCl. The van der Waals surface area contributed by atoms with Gasteiger partial charge < -0.3 is 9.47 Å². The second-order valence-electron chi connectivity index (χ2n) is 3.93. The molecular weight excluding hydrogens is 299 g/mol. The molecule has 0 amide bonds. The fourth-order valence-corrected chi connectivity index (χ4v) is 2.07. The van der Waals surface area contributed by atoms with Crippen LogP contribution in [0.25, 0.3) is 10.8 Å². The first-order chi connectivity index (χ1) is 9.76. The van der Waals surface area contributed by atoms with E-state index in [1.807, 2.05) is 0 Å². The van der Waals surface area contributed by atoms with E-state index in [1.165, 1.54) is 0 Å². The highest BCUT2D eigenvalue weighted by Crippen LogP contribution is 2.29. The molecule has 2 aromatic rings. The minimum absolute atomic E-state index is 0.342. The van der Waals surface area contributed by atoms with Crippen LogP contribution in [0.15, 0.2) is 24.4 Å². The Morgan fingerprint density at radius 1 is 1.25 bits per heavy atom. The van der Waals surface area contributed by atoms with E-state index in [9.17, 15) is 0 Å². The van der Waals surface area contributed by atoms with Gasteiger partial charge in [0.1, 0.15) is 23.6 Å². The van der Waals surface area contributed by atoms with Crippen molar-refractivity contribution < 1.29 is 9.47 Å². The molecule has 0 spiro atoms. The molecule has 0 bridgehead atoms. The van der Waals surface area contributed by atoms with Crippen molar-refractivity contribution in [3.8, 4) is 11.8 Å². The molecule has 1 aromatic heterocycles. The van der Waals surface area contributed by atoms with Gasteiger partial charge in [0, 0.05) is 17.5 Å². The Kier molecular flexibility index (Phi) is 5.42. The van der Waals surface area contributed by atoms with E-state index in [-0.39, 0.29) is 0 Å². The molecule has 0 aliphatic heterocycles. The topological polar surface area (TPSA) is 55.1 Å². The number of hydrogen-bond donors (Lipinski definition) is 0. The van der Waals surface area contributed by atoms with Gasteiger partial charge in [0.25, 0.3) is 0 Å². The lowest BCUT2D eigenvalue weighted by molar-refractivity contribution is 0.111. The highest BCUT2D eigenvalue weighted by Gasteiger charge is 2.08. The number of alkyl halides is 1.